The molecule has 0 unspecified atom stereocenters. The fourth-order valence-electron chi connectivity index (χ4n) is 2.96. The van der Waals surface area contributed by atoms with Crippen molar-refractivity contribution in [1.29, 1.82) is 0 Å². The van der Waals surface area contributed by atoms with E-state index >= 15 is 0 Å². The molecule has 0 saturated carbocycles. The predicted molar refractivity (Wildman–Crippen MR) is 109 cm³/mol. The van der Waals surface area contributed by atoms with Gasteiger partial charge in [0.2, 0.25) is 5.91 Å². The molecule has 0 aliphatic rings. The van der Waals surface area contributed by atoms with Crippen molar-refractivity contribution in [2.24, 2.45) is 5.73 Å². The van der Waals surface area contributed by atoms with Crippen LogP contribution in [0, 0.1) is 5.82 Å². The summed E-state index contributed by atoms with van der Waals surface area (Å²) >= 11 is 1.40. The maximum absolute atomic E-state index is 13.4. The number of fused-ring (bicyclic) bond motifs is 1. The van der Waals surface area contributed by atoms with Crippen LogP contribution in [0.4, 0.5) is 10.2 Å². The molecule has 0 atom stereocenters. The number of carbonyl (C=O) groups excluding carboxylic acids is 1. The van der Waals surface area contributed by atoms with Crippen LogP contribution >= 0.6 is 11.3 Å². The van der Waals surface area contributed by atoms with Crippen molar-refractivity contribution in [2.75, 3.05) is 12.4 Å². The summed E-state index contributed by atoms with van der Waals surface area (Å²) in [6.45, 7) is 0.337. The van der Waals surface area contributed by atoms with Gasteiger partial charge in [0.05, 0.1) is 12.0 Å². The van der Waals surface area contributed by atoms with Crippen LogP contribution in [0.1, 0.15) is 15.9 Å². The molecular weight excluding hydrogens is 393 g/mol. The maximum Gasteiger partial charge on any atom is 0.276 e. The number of halogens is 1. The zero-order valence-corrected chi connectivity index (χ0v) is 16.2. The largest absolute Gasteiger partial charge is 0.477 e. The molecule has 2 aromatic carbocycles. The number of hydrogen-bond acceptors (Lipinski definition) is 7. The van der Waals surface area contributed by atoms with Crippen molar-refractivity contribution >= 4 is 33.8 Å². The highest BCUT2D eigenvalue weighted by Crippen LogP contribution is 2.35. The molecule has 2 heterocycles. The number of methoxy groups -OCH3 is 1. The molecule has 7 nitrogen and oxygen atoms in total. The Kier molecular flexibility index (Phi) is 5.05. The number of ether oxygens (including phenoxy) is 1. The summed E-state index contributed by atoms with van der Waals surface area (Å²) in [6.07, 6.45) is 0. The summed E-state index contributed by atoms with van der Waals surface area (Å²) in [7, 11) is 1.47. The number of benzene rings is 2. The number of aromatic nitrogens is 3. The minimum absolute atomic E-state index is 0.226. The standard InChI is InChI=1S/C20H16FN5O2S/c1-28-20-19(23-9-11-4-2-5-12(21)8-11)24-18(25-26-20)16-13-6-3-7-14(17(22)27)15(13)10-29-16/h2-8,10H,9H2,1H3,(H2,22,27)(H,23,24,25). The van der Waals surface area contributed by atoms with Gasteiger partial charge in [-0.2, -0.15) is 0 Å². The second-order valence-electron chi connectivity index (χ2n) is 6.17. The number of nitrogens with zero attached hydrogens (tertiary/aromatic N) is 3. The lowest BCUT2D eigenvalue weighted by Crippen LogP contribution is -2.10. The topological polar surface area (TPSA) is 103 Å². The van der Waals surface area contributed by atoms with Gasteiger partial charge in [-0.1, -0.05) is 24.3 Å². The van der Waals surface area contributed by atoms with E-state index < -0.39 is 5.91 Å². The molecule has 0 saturated heterocycles. The Morgan fingerprint density at radius 3 is 2.79 bits per heavy atom. The van der Waals surface area contributed by atoms with E-state index in [0.29, 0.717) is 23.8 Å². The zero-order valence-electron chi connectivity index (χ0n) is 15.3. The first-order chi connectivity index (χ1) is 14.1. The van der Waals surface area contributed by atoms with Crippen molar-refractivity contribution < 1.29 is 13.9 Å². The fraction of sp³-hybridized carbons (Fsp3) is 0.100. The zero-order chi connectivity index (χ0) is 20.4. The molecule has 0 aliphatic heterocycles. The molecule has 0 aliphatic carbocycles. The lowest BCUT2D eigenvalue weighted by Gasteiger charge is -2.10. The van der Waals surface area contributed by atoms with Gasteiger partial charge in [-0.15, -0.1) is 21.5 Å². The van der Waals surface area contributed by atoms with Gasteiger partial charge in [-0.3, -0.25) is 4.79 Å². The summed E-state index contributed by atoms with van der Waals surface area (Å²) in [4.78, 5) is 17.0. The number of carbonyl (C=O) groups is 1. The molecule has 4 aromatic rings. The highest BCUT2D eigenvalue weighted by atomic mass is 32.1. The first-order valence-corrected chi connectivity index (χ1v) is 9.52. The molecule has 1 amide bonds. The van der Waals surface area contributed by atoms with Crippen molar-refractivity contribution in [3.05, 3.63) is 64.8 Å². The fourth-order valence-corrected chi connectivity index (χ4v) is 3.94. The molecule has 2 aromatic heterocycles. The third kappa shape index (κ3) is 3.72. The van der Waals surface area contributed by atoms with E-state index in [0.717, 1.165) is 21.2 Å². The molecule has 0 bridgehead atoms. The number of hydrogen-bond donors (Lipinski definition) is 2. The minimum Gasteiger partial charge on any atom is -0.477 e. The first kappa shape index (κ1) is 18.8. The second kappa shape index (κ2) is 7.80. The van der Waals surface area contributed by atoms with Crippen molar-refractivity contribution in [1.82, 2.24) is 15.2 Å². The summed E-state index contributed by atoms with van der Waals surface area (Å²) in [6, 6.07) is 11.6. The summed E-state index contributed by atoms with van der Waals surface area (Å²) in [5.74, 6) is 0.187. The number of rotatable bonds is 6. The van der Waals surface area contributed by atoms with Gasteiger partial charge in [-0.05, 0) is 23.8 Å². The van der Waals surface area contributed by atoms with Gasteiger partial charge in [0.1, 0.15) is 5.82 Å². The molecular formula is C20H16FN5O2S. The van der Waals surface area contributed by atoms with Gasteiger partial charge in [-0.25, -0.2) is 9.37 Å². The van der Waals surface area contributed by atoms with E-state index in [1.165, 1.54) is 30.6 Å². The number of anilines is 1. The number of amides is 1. The van der Waals surface area contributed by atoms with Crippen LogP contribution in [-0.2, 0) is 6.54 Å². The molecule has 146 valence electrons. The third-order valence-corrected chi connectivity index (χ3v) is 5.30. The van der Waals surface area contributed by atoms with E-state index in [9.17, 15) is 9.18 Å². The van der Waals surface area contributed by atoms with Gasteiger partial charge in [0, 0.05) is 28.3 Å². The SMILES string of the molecule is COc1nnc(-c2scc3c(C(N)=O)cccc23)nc1NCc1cccc(F)c1. The average molecular weight is 409 g/mol. The summed E-state index contributed by atoms with van der Waals surface area (Å²) in [5.41, 5.74) is 6.65. The monoisotopic (exact) mass is 409 g/mol. The van der Waals surface area contributed by atoms with Crippen LogP contribution in [0.25, 0.3) is 21.5 Å². The Morgan fingerprint density at radius 1 is 1.21 bits per heavy atom. The van der Waals surface area contributed by atoms with E-state index in [4.69, 9.17) is 10.5 Å². The first-order valence-electron chi connectivity index (χ1n) is 8.64. The van der Waals surface area contributed by atoms with Crippen LogP contribution in [0.2, 0.25) is 0 Å². The number of primary amides is 1. The van der Waals surface area contributed by atoms with Crippen LogP contribution in [0.5, 0.6) is 5.88 Å². The Balaban J connectivity index is 1.70. The average Bonchev–Trinajstić information content (AvgIpc) is 3.16. The lowest BCUT2D eigenvalue weighted by molar-refractivity contribution is 0.100. The number of nitrogens with one attached hydrogen (secondary N) is 1. The normalized spacial score (nSPS) is 10.8. The molecule has 3 N–H and O–H groups in total. The maximum atomic E-state index is 13.4. The van der Waals surface area contributed by atoms with E-state index in [-0.39, 0.29) is 11.7 Å². The smallest absolute Gasteiger partial charge is 0.276 e. The molecule has 0 radical (unpaired) electrons. The van der Waals surface area contributed by atoms with Crippen LogP contribution < -0.4 is 15.8 Å². The van der Waals surface area contributed by atoms with E-state index in [2.05, 4.69) is 20.5 Å². The Hall–Kier alpha value is -3.59. The lowest BCUT2D eigenvalue weighted by atomic mass is 10.1. The van der Waals surface area contributed by atoms with E-state index in [1.807, 2.05) is 11.4 Å². The van der Waals surface area contributed by atoms with Gasteiger partial charge < -0.3 is 15.8 Å². The molecule has 9 heteroatoms. The molecule has 0 fully saturated rings. The highest BCUT2D eigenvalue weighted by Gasteiger charge is 2.17. The van der Waals surface area contributed by atoms with Gasteiger partial charge in [0.25, 0.3) is 5.88 Å². The second-order valence-corrected chi connectivity index (χ2v) is 7.05. The Labute approximate surface area is 169 Å². The predicted octanol–water partition coefficient (Wildman–Crippen LogP) is 3.61. The minimum atomic E-state index is -0.494. The van der Waals surface area contributed by atoms with Crippen LogP contribution in [-0.4, -0.2) is 28.2 Å². The Morgan fingerprint density at radius 2 is 2.03 bits per heavy atom. The summed E-state index contributed by atoms with van der Waals surface area (Å²) in [5, 5.41) is 14.8. The van der Waals surface area contributed by atoms with Crippen LogP contribution in [0.15, 0.2) is 47.8 Å². The quantitative estimate of drug-likeness (QED) is 0.504. The third-order valence-electron chi connectivity index (χ3n) is 4.31. The van der Waals surface area contributed by atoms with Crippen molar-refractivity contribution in [3.63, 3.8) is 0 Å². The molecule has 4 rings (SSSR count). The molecule has 0 spiro atoms. The number of nitrogens with two attached hydrogens (primary N) is 1. The van der Waals surface area contributed by atoms with Gasteiger partial charge in [0.15, 0.2) is 11.6 Å². The summed E-state index contributed by atoms with van der Waals surface area (Å²) < 4.78 is 18.6. The van der Waals surface area contributed by atoms with E-state index in [1.54, 1.807) is 24.3 Å². The molecule has 29 heavy (non-hydrogen) atoms. The Bertz CT molecular complexity index is 1210. The van der Waals surface area contributed by atoms with Crippen molar-refractivity contribution in [3.8, 4) is 16.6 Å². The highest BCUT2D eigenvalue weighted by molar-refractivity contribution is 7.15. The van der Waals surface area contributed by atoms with Gasteiger partial charge >= 0.3 is 0 Å². The number of thiophene rings is 1. The van der Waals surface area contributed by atoms with Crippen molar-refractivity contribution in [2.45, 2.75) is 6.54 Å². The van der Waals surface area contributed by atoms with Crippen LogP contribution in [0.3, 0.4) is 0 Å².